The van der Waals surface area contributed by atoms with E-state index in [0.717, 1.165) is 55.3 Å². The second-order valence-corrected chi connectivity index (χ2v) is 13.3. The minimum absolute atomic E-state index is 0.0939. The molecule has 0 aromatic heterocycles. The van der Waals surface area contributed by atoms with E-state index in [2.05, 4.69) is 18.2 Å². The molecule has 8 heteroatoms. The molecule has 2 amide bonds. The van der Waals surface area contributed by atoms with Gasteiger partial charge in [0.15, 0.2) is 0 Å². The van der Waals surface area contributed by atoms with Gasteiger partial charge in [-0.3, -0.25) is 14.4 Å². The van der Waals surface area contributed by atoms with Gasteiger partial charge in [-0.25, -0.2) is 0 Å². The molecule has 1 spiro atoms. The Morgan fingerprint density at radius 2 is 1.74 bits per heavy atom. The third kappa shape index (κ3) is 4.73. The van der Waals surface area contributed by atoms with Crippen LogP contribution in [0.2, 0.25) is 0 Å². The van der Waals surface area contributed by atoms with E-state index in [-0.39, 0.29) is 24.4 Å². The van der Waals surface area contributed by atoms with Gasteiger partial charge in [0.1, 0.15) is 6.04 Å². The Bertz CT molecular complexity index is 1180. The number of esters is 1. The van der Waals surface area contributed by atoms with Crippen molar-refractivity contribution in [2.75, 3.05) is 31.2 Å². The fourth-order valence-electron chi connectivity index (χ4n) is 7.05. The quantitative estimate of drug-likeness (QED) is 0.308. The highest BCUT2D eigenvalue weighted by Crippen LogP contribution is 2.65. The van der Waals surface area contributed by atoms with Gasteiger partial charge in [-0.2, -0.15) is 0 Å². The van der Waals surface area contributed by atoms with Crippen LogP contribution in [-0.2, 0) is 19.1 Å². The first kappa shape index (κ1) is 28.0. The standard InChI is InChI=1S/C31H40N2O5S/c1-21-13-11-14-22(2)25(21)32-18-12-16-31-23(24-29(37)38-20-10-6-7-15-30(24,3)39-31)27(35)33(26(31)28(32)36)17-8-4-5-9-19-34/h7,11-16,23-24,26,34H,4-6,8-10,17-20H2,1-3H3/b15-7-/t23-,24-,26?,30+,31-/m0/s1. The van der Waals surface area contributed by atoms with Crippen molar-refractivity contribution in [1.29, 1.82) is 0 Å². The molecule has 4 aliphatic rings. The zero-order chi connectivity index (χ0) is 27.8. The van der Waals surface area contributed by atoms with Crippen LogP contribution in [-0.4, -0.2) is 69.6 Å². The van der Waals surface area contributed by atoms with E-state index in [1.165, 1.54) is 0 Å². The molecule has 5 atom stereocenters. The number of nitrogens with zero attached hydrogens (tertiary/aromatic N) is 2. The van der Waals surface area contributed by atoms with Gasteiger partial charge in [0.2, 0.25) is 5.91 Å². The lowest BCUT2D eigenvalue weighted by molar-refractivity contribution is -0.154. The predicted molar refractivity (Wildman–Crippen MR) is 154 cm³/mol. The number of anilines is 1. The van der Waals surface area contributed by atoms with Crippen molar-refractivity contribution in [3.8, 4) is 0 Å². The van der Waals surface area contributed by atoms with Crippen LogP contribution < -0.4 is 4.90 Å². The maximum absolute atomic E-state index is 14.7. The number of aliphatic hydroxyl groups is 1. The first-order chi connectivity index (χ1) is 18.7. The van der Waals surface area contributed by atoms with Crippen LogP contribution in [0.15, 0.2) is 42.5 Å². The molecule has 0 saturated carbocycles. The summed E-state index contributed by atoms with van der Waals surface area (Å²) < 4.78 is 4.18. The Labute approximate surface area is 235 Å². The van der Waals surface area contributed by atoms with E-state index in [4.69, 9.17) is 4.74 Å². The van der Waals surface area contributed by atoms with Gasteiger partial charge < -0.3 is 19.6 Å². The number of unbranched alkanes of at least 4 members (excludes halogenated alkanes) is 3. The Morgan fingerprint density at radius 3 is 2.49 bits per heavy atom. The van der Waals surface area contributed by atoms with Gasteiger partial charge in [-0.1, -0.05) is 55.3 Å². The number of rotatable bonds is 7. The van der Waals surface area contributed by atoms with Crippen molar-refractivity contribution in [3.63, 3.8) is 0 Å². The summed E-state index contributed by atoms with van der Waals surface area (Å²) in [5.41, 5.74) is 2.91. The van der Waals surface area contributed by atoms with E-state index < -0.39 is 27.4 Å². The second-order valence-electron chi connectivity index (χ2n) is 11.5. The average Bonchev–Trinajstić information content (AvgIpc) is 3.24. The van der Waals surface area contributed by atoms with E-state index in [1.54, 1.807) is 16.7 Å². The number of hydrogen-bond donors (Lipinski definition) is 1. The molecular weight excluding hydrogens is 512 g/mol. The van der Waals surface area contributed by atoms with E-state index in [0.29, 0.717) is 19.7 Å². The van der Waals surface area contributed by atoms with Crippen molar-refractivity contribution >= 4 is 35.2 Å². The summed E-state index contributed by atoms with van der Waals surface area (Å²) in [4.78, 5) is 46.2. The summed E-state index contributed by atoms with van der Waals surface area (Å²) in [5, 5.41) is 9.18. The first-order valence-electron chi connectivity index (χ1n) is 14.3. The summed E-state index contributed by atoms with van der Waals surface area (Å²) >= 11 is 1.59. The van der Waals surface area contributed by atoms with E-state index in [9.17, 15) is 19.5 Å². The number of carbonyl (C=O) groups excluding carboxylic acids is 3. The number of fused-ring (bicyclic) bond motifs is 2. The third-order valence-corrected chi connectivity index (χ3v) is 10.6. The largest absolute Gasteiger partial charge is 0.465 e. The molecule has 39 heavy (non-hydrogen) atoms. The monoisotopic (exact) mass is 552 g/mol. The van der Waals surface area contributed by atoms with Gasteiger partial charge in [-0.05, 0) is 57.6 Å². The summed E-state index contributed by atoms with van der Waals surface area (Å²) in [6, 6.07) is 5.30. The number of aryl methyl sites for hydroxylation is 2. The van der Waals surface area contributed by atoms with Crippen molar-refractivity contribution < 1.29 is 24.2 Å². The number of likely N-dealkylation sites (tertiary alicyclic amines) is 1. The fourth-order valence-corrected chi connectivity index (χ4v) is 9.21. The second kappa shape index (κ2) is 11.1. The molecule has 7 nitrogen and oxygen atoms in total. The van der Waals surface area contributed by atoms with Crippen LogP contribution >= 0.6 is 11.8 Å². The summed E-state index contributed by atoms with van der Waals surface area (Å²) in [7, 11) is 0. The Kier molecular flexibility index (Phi) is 7.98. The molecule has 1 aromatic rings. The number of cyclic esters (lactones) is 1. The Balaban J connectivity index is 1.60. The molecule has 4 heterocycles. The number of hydrogen-bond acceptors (Lipinski definition) is 6. The van der Waals surface area contributed by atoms with Crippen LogP contribution in [0.4, 0.5) is 5.69 Å². The first-order valence-corrected chi connectivity index (χ1v) is 15.1. The minimum atomic E-state index is -0.868. The molecule has 2 fully saturated rings. The number of amides is 2. The average molecular weight is 553 g/mol. The summed E-state index contributed by atoms with van der Waals surface area (Å²) in [6.07, 6.45) is 13.0. The Morgan fingerprint density at radius 1 is 1.00 bits per heavy atom. The number of thioether (sulfide) groups is 1. The highest BCUT2D eigenvalue weighted by atomic mass is 32.2. The molecule has 1 N–H and O–H groups in total. The van der Waals surface area contributed by atoms with Gasteiger partial charge in [0.25, 0.3) is 5.91 Å². The molecule has 1 aromatic carbocycles. The van der Waals surface area contributed by atoms with Crippen LogP contribution in [0.5, 0.6) is 0 Å². The van der Waals surface area contributed by atoms with Gasteiger partial charge in [-0.15, -0.1) is 11.8 Å². The normalized spacial score (nSPS) is 33.0. The third-order valence-electron chi connectivity index (χ3n) is 8.77. The predicted octanol–water partition coefficient (Wildman–Crippen LogP) is 4.34. The lowest BCUT2D eigenvalue weighted by Crippen LogP contribution is -2.53. The maximum Gasteiger partial charge on any atom is 0.311 e. The molecule has 1 unspecified atom stereocenters. The van der Waals surface area contributed by atoms with Crippen LogP contribution in [0.3, 0.4) is 0 Å². The number of aliphatic hydroxyl groups excluding tert-OH is 1. The molecule has 5 rings (SSSR count). The lowest BCUT2D eigenvalue weighted by Gasteiger charge is -2.37. The summed E-state index contributed by atoms with van der Waals surface area (Å²) in [5.74, 6) is -1.91. The molecular formula is C31H40N2O5S. The zero-order valence-electron chi connectivity index (χ0n) is 23.2. The van der Waals surface area contributed by atoms with Crippen molar-refractivity contribution in [2.45, 2.75) is 74.8 Å². The SMILES string of the molecule is Cc1cccc(C)c1N1CC=C[C@]23S[C@]4(C)/C=C\CCCOC(=O)[C@@H]4[C@H]2C(=O)N(CCCCCCO)C3C1=O. The highest BCUT2D eigenvalue weighted by Gasteiger charge is 2.73. The summed E-state index contributed by atoms with van der Waals surface area (Å²) in [6.45, 7) is 7.39. The van der Waals surface area contributed by atoms with Gasteiger partial charge in [0, 0.05) is 30.1 Å². The maximum atomic E-state index is 14.7. The molecule has 0 bridgehead atoms. The van der Waals surface area contributed by atoms with Crippen LogP contribution in [0.25, 0.3) is 0 Å². The smallest absolute Gasteiger partial charge is 0.311 e. The van der Waals surface area contributed by atoms with Crippen molar-refractivity contribution in [2.24, 2.45) is 11.8 Å². The van der Waals surface area contributed by atoms with Gasteiger partial charge >= 0.3 is 5.97 Å². The van der Waals surface area contributed by atoms with Crippen LogP contribution in [0.1, 0.15) is 56.6 Å². The van der Waals surface area contributed by atoms with E-state index in [1.807, 2.05) is 49.9 Å². The number of ether oxygens (including phenoxy) is 1. The molecule has 4 aliphatic heterocycles. The lowest BCUT2D eigenvalue weighted by atomic mass is 9.74. The van der Waals surface area contributed by atoms with Crippen molar-refractivity contribution in [3.05, 3.63) is 53.6 Å². The van der Waals surface area contributed by atoms with Crippen LogP contribution in [0, 0.1) is 25.7 Å². The molecule has 2 saturated heterocycles. The zero-order valence-corrected chi connectivity index (χ0v) is 24.0. The highest BCUT2D eigenvalue weighted by molar-refractivity contribution is 8.02. The molecule has 0 aliphatic carbocycles. The number of para-hydroxylation sites is 1. The minimum Gasteiger partial charge on any atom is -0.465 e. The Hall–Kier alpha value is -2.58. The number of carbonyl (C=O) groups is 3. The van der Waals surface area contributed by atoms with Gasteiger partial charge in [0.05, 0.1) is 23.2 Å². The fraction of sp³-hybridized carbons (Fsp3) is 0.581. The number of allylic oxidation sites excluding steroid dienone is 1. The molecule has 0 radical (unpaired) electrons. The number of benzene rings is 1. The molecule has 210 valence electrons. The topological polar surface area (TPSA) is 87.2 Å². The van der Waals surface area contributed by atoms with E-state index >= 15 is 0 Å². The van der Waals surface area contributed by atoms with Crippen molar-refractivity contribution in [1.82, 2.24) is 4.90 Å².